The van der Waals surface area contributed by atoms with Gasteiger partial charge in [0.15, 0.2) is 46.0 Å². The van der Waals surface area contributed by atoms with Gasteiger partial charge in [-0.2, -0.15) is 51.3 Å². The summed E-state index contributed by atoms with van der Waals surface area (Å²) in [7, 11) is 0. The number of pyridine rings is 1. The molecule has 37 heteroatoms. The van der Waals surface area contributed by atoms with Gasteiger partial charge in [-0.1, -0.05) is 86.4 Å². The van der Waals surface area contributed by atoms with Crippen molar-refractivity contribution in [2.24, 2.45) is 0 Å². The SMILES string of the molecule is CCOc1ccc(-c2nc(-c3ccc4c(c3)CCN4CCCO)no2)cc1OCC.CCOc1ccc(-c2nc(-c3ccc4nc(C)[nH]c4c3)no2)cc1OCC.CCOc1ccc(-c2noc(-c3ccncc3)n2)cc1OCC.Cc1nc2ccc(-c3noc(-c4cc(-c5ccccc5)c(C(F)(F)F)o4)n3)cc2[nH]1.FC(F)(F)c1oc(-c2nc(-c3ccc4occc4c3)no2)cc1-c1ccccc1. The summed E-state index contributed by atoms with van der Waals surface area (Å²) in [5, 5.41) is 30.0. The van der Waals surface area contributed by atoms with Crippen molar-refractivity contribution in [2.75, 3.05) is 64.2 Å². The molecule has 0 unspecified atom stereocenters. The number of fused-ring (bicyclic) bond motifs is 4. The Bertz CT molecular complexity index is 7550. The lowest BCUT2D eigenvalue weighted by Gasteiger charge is -2.18. The minimum atomic E-state index is -4.67. The van der Waals surface area contributed by atoms with Crippen molar-refractivity contribution in [3.8, 4) is 171 Å². The van der Waals surface area contributed by atoms with Crippen LogP contribution in [0.2, 0.25) is 0 Å². The Hall–Kier alpha value is -17.0. The molecule has 20 aromatic rings. The summed E-state index contributed by atoms with van der Waals surface area (Å²) in [5.41, 5.74) is 13.5. The average molecular weight is 1890 g/mol. The number of ether oxygens (including phenoxy) is 6. The van der Waals surface area contributed by atoms with Gasteiger partial charge in [0.1, 0.15) is 17.2 Å². The molecule has 0 radical (unpaired) electrons. The Morgan fingerprint density at radius 3 is 1.20 bits per heavy atom. The molecule has 0 saturated heterocycles. The summed E-state index contributed by atoms with van der Waals surface area (Å²) in [6.07, 6.45) is -2.65. The third-order valence-electron chi connectivity index (χ3n) is 21.4. The number of nitrogens with zero attached hydrogens (tertiary/aromatic N) is 14. The lowest BCUT2D eigenvalue weighted by Crippen LogP contribution is -2.22. The molecule has 31 nitrogen and oxygen atoms in total. The van der Waals surface area contributed by atoms with E-state index in [1.54, 1.807) is 122 Å². The molecule has 708 valence electrons. The Labute approximate surface area is 788 Å². The number of aromatic nitrogens is 15. The number of hydrogen-bond acceptors (Lipinski definition) is 29. The van der Waals surface area contributed by atoms with Gasteiger partial charge < -0.3 is 84.3 Å². The maximum Gasteiger partial charge on any atom is 0.450 e. The normalized spacial score (nSPS) is 11.7. The van der Waals surface area contributed by atoms with Crippen molar-refractivity contribution < 1.29 is 95.7 Å². The zero-order chi connectivity index (χ0) is 96.7. The number of H-pyrrole nitrogens is 2. The van der Waals surface area contributed by atoms with Gasteiger partial charge in [0.05, 0.1) is 68.0 Å². The Morgan fingerprint density at radius 1 is 0.374 bits per heavy atom. The fourth-order valence-corrected chi connectivity index (χ4v) is 15.1. The summed E-state index contributed by atoms with van der Waals surface area (Å²) >= 11 is 0. The number of nitrogens with one attached hydrogen (secondary N) is 2. The fraction of sp³-hybridized carbons (Fsp3) is 0.206. The Morgan fingerprint density at radius 2 is 0.755 bits per heavy atom. The molecule has 1 aliphatic rings. The van der Waals surface area contributed by atoms with E-state index in [0.717, 1.165) is 98.4 Å². The third kappa shape index (κ3) is 21.9. The standard InChI is InChI=1S/C23H27N3O4.C21H13F3N4O2.C21H11F3N2O3.C20H20N4O3.C17H17N3O3/c1-3-28-20-9-7-18(15-21(20)29-4-2)23-24-22(25-30-23)17-6-8-19-16(14-17)10-12-26(19)11-5-13-27;1-11-25-15-8-7-13(9-16(15)26-11)19-27-20(30-28-19)17-10-14(12-5-3-2-4-6-12)18(29-17)21(22,23)24;22-21(23,24)18-15(12-4-2-1-3-5-12)11-17(28-18)20-25-19(26-29-20)14-6-7-16-13(10-14)8-9-27-16;1-4-25-17-9-7-14(11-18(17)26-5-2)20-23-19(24-27-20)13-6-8-15-16(10-13)22-12(3)21-15;1-3-21-14-6-5-13(11-15(14)22-4-2)16-19-17(23-20-16)12-7-9-18-10-8-12/h6-9,14-15,27H,3-5,10-13H2,1-2H3;2-10H,1H3,(H,25,26);1-11H;6-11H,4-5H2,1-3H3,(H,21,22);5-11H,3-4H2,1-2H3. The average Bonchev–Trinajstić information content (AvgIpc) is 1.65. The monoisotopic (exact) mass is 1890 g/mol. The van der Waals surface area contributed by atoms with Gasteiger partial charge in [-0.3, -0.25) is 4.98 Å². The highest BCUT2D eigenvalue weighted by Gasteiger charge is 2.41. The molecule has 139 heavy (non-hydrogen) atoms. The molecule has 12 heterocycles. The van der Waals surface area contributed by atoms with Crippen LogP contribution in [0, 0.1) is 13.8 Å². The molecule has 3 N–H and O–H groups in total. The van der Waals surface area contributed by atoms with Crippen molar-refractivity contribution in [3.63, 3.8) is 0 Å². The summed E-state index contributed by atoms with van der Waals surface area (Å²) in [4.78, 5) is 43.3. The molecule has 21 rings (SSSR count). The first-order chi connectivity index (χ1) is 67.6. The van der Waals surface area contributed by atoms with Crippen LogP contribution in [-0.2, 0) is 18.8 Å². The van der Waals surface area contributed by atoms with Crippen molar-refractivity contribution in [3.05, 3.63) is 266 Å². The fourth-order valence-electron chi connectivity index (χ4n) is 15.1. The van der Waals surface area contributed by atoms with Gasteiger partial charge >= 0.3 is 12.4 Å². The van der Waals surface area contributed by atoms with Gasteiger partial charge in [0.25, 0.3) is 29.5 Å². The second-order valence-corrected chi connectivity index (χ2v) is 30.8. The van der Waals surface area contributed by atoms with E-state index in [1.807, 2.05) is 146 Å². The lowest BCUT2D eigenvalue weighted by molar-refractivity contribution is -0.152. The van der Waals surface area contributed by atoms with E-state index in [0.29, 0.717) is 137 Å². The van der Waals surface area contributed by atoms with Crippen LogP contribution in [0.3, 0.4) is 0 Å². The van der Waals surface area contributed by atoms with Crippen molar-refractivity contribution in [2.45, 2.75) is 80.6 Å². The highest BCUT2D eigenvalue weighted by atomic mass is 19.4. The first-order valence-corrected chi connectivity index (χ1v) is 44.3. The molecule has 0 aliphatic carbocycles. The highest BCUT2D eigenvalue weighted by Crippen LogP contribution is 2.46. The second-order valence-electron chi connectivity index (χ2n) is 30.8. The van der Waals surface area contributed by atoms with E-state index in [4.69, 9.17) is 69.4 Å². The van der Waals surface area contributed by atoms with Crippen LogP contribution in [0.25, 0.3) is 170 Å². The molecular weight excluding hydrogens is 1800 g/mol. The maximum absolute atomic E-state index is 13.5. The summed E-state index contributed by atoms with van der Waals surface area (Å²) in [6, 6.07) is 63.8. The smallest absolute Gasteiger partial charge is 0.450 e. The largest absolute Gasteiger partial charge is 0.490 e. The van der Waals surface area contributed by atoms with Crippen LogP contribution < -0.4 is 33.3 Å². The highest BCUT2D eigenvalue weighted by molar-refractivity contribution is 5.84. The number of alkyl halides is 6. The van der Waals surface area contributed by atoms with Gasteiger partial charge in [-0.05, 0) is 243 Å². The molecule has 0 spiro atoms. The Balaban J connectivity index is 0.000000120. The number of aromatic amines is 2. The number of anilines is 1. The molecule has 9 aromatic carbocycles. The second kappa shape index (κ2) is 42.3. The van der Waals surface area contributed by atoms with Crippen LogP contribution in [0.5, 0.6) is 34.5 Å². The lowest BCUT2D eigenvalue weighted by atomic mass is 10.1. The van der Waals surface area contributed by atoms with Crippen LogP contribution in [0.4, 0.5) is 32.0 Å². The van der Waals surface area contributed by atoms with E-state index in [-0.39, 0.29) is 52.7 Å². The van der Waals surface area contributed by atoms with Crippen molar-refractivity contribution >= 4 is 38.7 Å². The van der Waals surface area contributed by atoms with Gasteiger partial charge in [0, 0.05) is 98.8 Å². The first-order valence-electron chi connectivity index (χ1n) is 44.3. The zero-order valence-electron chi connectivity index (χ0n) is 76.0. The van der Waals surface area contributed by atoms with Crippen LogP contribution in [0.15, 0.2) is 273 Å². The quantitative estimate of drug-likeness (QED) is 0.0403. The summed E-state index contributed by atoms with van der Waals surface area (Å²) < 4.78 is 157. The molecule has 1 aliphatic heterocycles. The van der Waals surface area contributed by atoms with Crippen LogP contribution >= 0.6 is 0 Å². The molecule has 0 saturated carbocycles. The number of benzene rings is 9. The predicted molar refractivity (Wildman–Crippen MR) is 502 cm³/mol. The number of aliphatic hydroxyl groups excluding tert-OH is 1. The van der Waals surface area contributed by atoms with Crippen LogP contribution in [0.1, 0.15) is 76.7 Å². The van der Waals surface area contributed by atoms with Crippen molar-refractivity contribution in [1.82, 2.24) is 75.6 Å². The van der Waals surface area contributed by atoms with Gasteiger partial charge in [0.2, 0.25) is 40.6 Å². The molecule has 0 bridgehead atoms. The van der Waals surface area contributed by atoms with E-state index < -0.39 is 23.9 Å². The molecule has 0 atom stereocenters. The van der Waals surface area contributed by atoms with Crippen molar-refractivity contribution in [1.29, 1.82) is 0 Å². The number of aliphatic hydroxyl groups is 1. The number of rotatable bonds is 27. The summed E-state index contributed by atoms with van der Waals surface area (Å²) in [5.74, 6) is 6.28. The molecule has 0 amide bonds. The van der Waals surface area contributed by atoms with E-state index >= 15 is 0 Å². The van der Waals surface area contributed by atoms with Crippen LogP contribution in [-0.4, -0.2) is 140 Å². The zero-order valence-corrected chi connectivity index (χ0v) is 76.0. The van der Waals surface area contributed by atoms with Gasteiger partial charge in [-0.15, -0.1) is 0 Å². The Kier molecular flexibility index (Phi) is 28.5. The number of hydrogen-bond donors (Lipinski definition) is 3. The van der Waals surface area contributed by atoms with E-state index in [9.17, 15) is 26.3 Å². The third-order valence-corrected chi connectivity index (χ3v) is 21.4. The minimum absolute atomic E-state index is 0.0901. The predicted octanol–water partition coefficient (Wildman–Crippen LogP) is 24.2. The minimum Gasteiger partial charge on any atom is -0.490 e. The van der Waals surface area contributed by atoms with E-state index in [1.165, 1.54) is 23.4 Å². The topological polar surface area (TPSA) is 383 Å². The molecular formula is C102H88F6N16O15. The number of aryl methyl sites for hydroxylation is 2. The first kappa shape index (κ1) is 93.8. The molecule has 0 fully saturated rings. The number of furan rings is 3. The van der Waals surface area contributed by atoms with Gasteiger partial charge in [-0.25, -0.2) is 9.97 Å². The number of halogens is 6. The maximum atomic E-state index is 13.5. The molecule has 11 aromatic heterocycles. The summed E-state index contributed by atoms with van der Waals surface area (Å²) in [6.45, 7) is 20.8. The number of imidazole rings is 2. The van der Waals surface area contributed by atoms with E-state index in [2.05, 4.69) is 92.7 Å².